The lowest BCUT2D eigenvalue weighted by molar-refractivity contribution is -0.121. The van der Waals surface area contributed by atoms with Crippen molar-refractivity contribution in [2.24, 2.45) is 11.8 Å². The Morgan fingerprint density at radius 2 is 1.95 bits per heavy atom. The molecule has 1 heterocycles. The molecule has 1 aromatic rings. The summed E-state index contributed by atoms with van der Waals surface area (Å²) in [6, 6.07) is 9.41. The molecule has 0 spiro atoms. The van der Waals surface area contributed by atoms with Gasteiger partial charge >= 0.3 is 6.03 Å². The van der Waals surface area contributed by atoms with Gasteiger partial charge in [0.15, 0.2) is 0 Å². The van der Waals surface area contributed by atoms with Gasteiger partial charge in [-0.25, -0.2) is 4.79 Å². The third-order valence-electron chi connectivity index (χ3n) is 4.57. The largest absolute Gasteiger partial charge is 0.376 e. The predicted octanol–water partition coefficient (Wildman–Crippen LogP) is 2.22. The Kier molecular flexibility index (Phi) is 4.73. The summed E-state index contributed by atoms with van der Waals surface area (Å²) in [4.78, 5) is 23.0. The van der Waals surface area contributed by atoms with Crippen LogP contribution in [0.25, 0.3) is 0 Å². The zero-order chi connectivity index (χ0) is 15.4. The minimum Gasteiger partial charge on any atom is -0.376 e. The van der Waals surface area contributed by atoms with Crippen molar-refractivity contribution >= 4 is 11.9 Å². The van der Waals surface area contributed by atoms with Gasteiger partial charge in [0.2, 0.25) is 0 Å². The molecule has 2 aliphatic rings. The number of nitrogens with one attached hydrogen (secondary N) is 2. The van der Waals surface area contributed by atoms with Crippen LogP contribution in [0, 0.1) is 11.8 Å². The third kappa shape index (κ3) is 3.65. The maximum Gasteiger partial charge on any atom is 0.322 e. The van der Waals surface area contributed by atoms with Gasteiger partial charge < -0.3 is 10.1 Å². The molecule has 118 valence electrons. The standard InChI is InChI=1S/C17H22N2O3/c20-16-15(18-17(21)19-16)14-8-4-7-13(9-14)11-22-10-12-5-2-1-3-6-12/h1-3,5-6,13-15H,4,7-11H2,(H2,18,19,20,21)/t13?,14?,15-/m1/s1. The minimum absolute atomic E-state index is 0.180. The molecule has 5 nitrogen and oxygen atoms in total. The average molecular weight is 302 g/mol. The second kappa shape index (κ2) is 6.92. The molecule has 1 aliphatic heterocycles. The number of hydrogen-bond acceptors (Lipinski definition) is 3. The van der Waals surface area contributed by atoms with E-state index in [9.17, 15) is 9.59 Å². The van der Waals surface area contributed by atoms with Crippen molar-refractivity contribution in [2.75, 3.05) is 6.61 Å². The number of amides is 3. The van der Waals surface area contributed by atoms with Gasteiger partial charge in [-0.1, -0.05) is 36.8 Å². The Morgan fingerprint density at radius 3 is 2.68 bits per heavy atom. The lowest BCUT2D eigenvalue weighted by atomic mass is 9.78. The zero-order valence-corrected chi connectivity index (χ0v) is 12.6. The first-order valence-electron chi connectivity index (χ1n) is 7.95. The third-order valence-corrected chi connectivity index (χ3v) is 4.57. The SMILES string of the molecule is O=C1NC(=O)[C@@H](C2CCCC(COCc3ccccc3)C2)N1. The van der Waals surface area contributed by atoms with E-state index in [-0.39, 0.29) is 23.9 Å². The van der Waals surface area contributed by atoms with Gasteiger partial charge in [0, 0.05) is 6.61 Å². The fraction of sp³-hybridized carbons (Fsp3) is 0.529. The van der Waals surface area contributed by atoms with Crippen LogP contribution in [0.3, 0.4) is 0 Å². The van der Waals surface area contributed by atoms with Gasteiger partial charge in [-0.3, -0.25) is 10.1 Å². The average Bonchev–Trinajstić information content (AvgIpc) is 2.87. The van der Waals surface area contributed by atoms with Crippen LogP contribution in [0.15, 0.2) is 30.3 Å². The molecule has 1 aliphatic carbocycles. The Bertz CT molecular complexity index is 532. The monoisotopic (exact) mass is 302 g/mol. The highest BCUT2D eigenvalue weighted by molar-refractivity contribution is 6.04. The van der Waals surface area contributed by atoms with Crippen molar-refractivity contribution in [3.63, 3.8) is 0 Å². The van der Waals surface area contributed by atoms with Crippen molar-refractivity contribution in [3.05, 3.63) is 35.9 Å². The number of ether oxygens (including phenoxy) is 1. The number of urea groups is 1. The van der Waals surface area contributed by atoms with Crippen LogP contribution < -0.4 is 10.6 Å². The summed E-state index contributed by atoms with van der Waals surface area (Å²) in [6.45, 7) is 1.34. The summed E-state index contributed by atoms with van der Waals surface area (Å²) in [5.41, 5.74) is 1.18. The van der Waals surface area contributed by atoms with Crippen molar-refractivity contribution in [2.45, 2.75) is 38.3 Å². The number of imide groups is 1. The number of benzene rings is 1. The molecule has 3 atom stereocenters. The lowest BCUT2D eigenvalue weighted by Gasteiger charge is -2.31. The van der Waals surface area contributed by atoms with Crippen LogP contribution in [0.4, 0.5) is 4.79 Å². The molecule has 0 aromatic heterocycles. The highest BCUT2D eigenvalue weighted by Gasteiger charge is 2.38. The first-order chi connectivity index (χ1) is 10.7. The van der Waals surface area contributed by atoms with Gasteiger partial charge in [-0.05, 0) is 36.7 Å². The maximum absolute atomic E-state index is 11.8. The first kappa shape index (κ1) is 15.0. The number of rotatable bonds is 5. The highest BCUT2D eigenvalue weighted by atomic mass is 16.5. The van der Waals surface area contributed by atoms with E-state index in [4.69, 9.17) is 4.74 Å². The normalized spacial score (nSPS) is 28.3. The van der Waals surface area contributed by atoms with Crippen molar-refractivity contribution in [1.82, 2.24) is 10.6 Å². The molecule has 1 saturated heterocycles. The van der Waals surface area contributed by atoms with Gasteiger partial charge in [0.1, 0.15) is 6.04 Å². The maximum atomic E-state index is 11.8. The molecule has 0 radical (unpaired) electrons. The minimum atomic E-state index is -0.363. The van der Waals surface area contributed by atoms with E-state index in [1.165, 1.54) is 5.56 Å². The molecule has 1 saturated carbocycles. The lowest BCUT2D eigenvalue weighted by Crippen LogP contribution is -2.39. The summed E-state index contributed by atoms with van der Waals surface area (Å²) >= 11 is 0. The van der Waals surface area contributed by atoms with Crippen LogP contribution >= 0.6 is 0 Å². The summed E-state index contributed by atoms with van der Waals surface area (Å²) in [6.07, 6.45) is 4.15. The summed E-state index contributed by atoms with van der Waals surface area (Å²) < 4.78 is 5.83. The molecule has 2 fully saturated rings. The van der Waals surface area contributed by atoms with Gasteiger partial charge in [0.05, 0.1) is 6.61 Å². The fourth-order valence-electron chi connectivity index (χ4n) is 3.47. The van der Waals surface area contributed by atoms with E-state index in [2.05, 4.69) is 22.8 Å². The first-order valence-corrected chi connectivity index (χ1v) is 7.95. The van der Waals surface area contributed by atoms with E-state index < -0.39 is 0 Å². The van der Waals surface area contributed by atoms with Crippen LogP contribution in [0.1, 0.15) is 31.2 Å². The highest BCUT2D eigenvalue weighted by Crippen LogP contribution is 2.32. The zero-order valence-electron chi connectivity index (χ0n) is 12.6. The molecule has 5 heteroatoms. The fourth-order valence-corrected chi connectivity index (χ4v) is 3.47. The second-order valence-corrected chi connectivity index (χ2v) is 6.23. The number of hydrogen-bond donors (Lipinski definition) is 2. The molecular formula is C17H22N2O3. The van der Waals surface area contributed by atoms with Crippen molar-refractivity contribution in [1.29, 1.82) is 0 Å². The molecule has 2 N–H and O–H groups in total. The Balaban J connectivity index is 1.46. The van der Waals surface area contributed by atoms with Crippen LogP contribution in [0.5, 0.6) is 0 Å². The van der Waals surface area contributed by atoms with Gasteiger partial charge in [-0.2, -0.15) is 0 Å². The molecular weight excluding hydrogens is 280 g/mol. The Labute approximate surface area is 130 Å². The van der Waals surface area contributed by atoms with Crippen LogP contribution in [-0.2, 0) is 16.1 Å². The van der Waals surface area contributed by atoms with Gasteiger partial charge in [0.25, 0.3) is 5.91 Å². The molecule has 3 amide bonds. The van der Waals surface area contributed by atoms with E-state index in [0.29, 0.717) is 19.1 Å². The Hall–Kier alpha value is -1.88. The molecule has 3 rings (SSSR count). The van der Waals surface area contributed by atoms with E-state index in [0.717, 1.165) is 25.7 Å². The number of carbonyl (C=O) groups is 2. The van der Waals surface area contributed by atoms with E-state index in [1.54, 1.807) is 0 Å². The molecule has 2 unspecified atom stereocenters. The quantitative estimate of drug-likeness (QED) is 0.820. The topological polar surface area (TPSA) is 67.4 Å². The summed E-state index contributed by atoms with van der Waals surface area (Å²) in [5, 5.41) is 5.06. The van der Waals surface area contributed by atoms with Gasteiger partial charge in [-0.15, -0.1) is 0 Å². The summed E-state index contributed by atoms with van der Waals surface area (Å²) in [5.74, 6) is 0.513. The summed E-state index contributed by atoms with van der Waals surface area (Å²) in [7, 11) is 0. The number of carbonyl (C=O) groups excluding carboxylic acids is 2. The Morgan fingerprint density at radius 1 is 1.14 bits per heavy atom. The van der Waals surface area contributed by atoms with Crippen molar-refractivity contribution < 1.29 is 14.3 Å². The predicted molar refractivity (Wildman–Crippen MR) is 82.0 cm³/mol. The van der Waals surface area contributed by atoms with Crippen LogP contribution in [0.2, 0.25) is 0 Å². The van der Waals surface area contributed by atoms with Crippen molar-refractivity contribution in [3.8, 4) is 0 Å². The van der Waals surface area contributed by atoms with E-state index >= 15 is 0 Å². The molecule has 0 bridgehead atoms. The molecule has 1 aromatic carbocycles. The van der Waals surface area contributed by atoms with Crippen LogP contribution in [-0.4, -0.2) is 24.6 Å². The van der Waals surface area contributed by atoms with E-state index in [1.807, 2.05) is 18.2 Å². The smallest absolute Gasteiger partial charge is 0.322 e. The molecule has 22 heavy (non-hydrogen) atoms. The second-order valence-electron chi connectivity index (χ2n) is 6.23.